The number of amides is 1. The van der Waals surface area contributed by atoms with Crippen LogP contribution in [0.1, 0.15) is 20.8 Å². The van der Waals surface area contributed by atoms with Gasteiger partial charge < -0.3 is 4.74 Å². The fourth-order valence-corrected chi connectivity index (χ4v) is 1.36. The maximum Gasteiger partial charge on any atom is 0.333 e. The number of ether oxygens (including phenoxy) is 1. The molecular formula is C13H13F4NO4. The van der Waals surface area contributed by atoms with Crippen LogP contribution in [0, 0.1) is 23.3 Å². The number of rotatable bonds is 5. The molecular weight excluding hydrogens is 310 g/mol. The number of halogens is 4. The van der Waals surface area contributed by atoms with Crippen LogP contribution in [-0.4, -0.2) is 29.6 Å². The third-order valence-corrected chi connectivity index (χ3v) is 2.08. The number of hydroxylamine groups is 2. The lowest BCUT2D eigenvalue weighted by molar-refractivity contribution is -0.218. The van der Waals surface area contributed by atoms with Gasteiger partial charge in [0.25, 0.3) is 0 Å². The Morgan fingerprint density at radius 3 is 2.09 bits per heavy atom. The first-order valence-corrected chi connectivity index (χ1v) is 6.00. The van der Waals surface area contributed by atoms with Crippen LogP contribution < -0.4 is 4.74 Å². The molecule has 1 aromatic carbocycles. The van der Waals surface area contributed by atoms with E-state index in [1.54, 1.807) is 20.8 Å². The van der Waals surface area contributed by atoms with Gasteiger partial charge in [0.2, 0.25) is 23.8 Å². The van der Waals surface area contributed by atoms with Gasteiger partial charge in [-0.15, -0.1) is 0 Å². The van der Waals surface area contributed by atoms with E-state index in [1.807, 2.05) is 0 Å². The molecule has 0 aromatic heterocycles. The molecule has 1 aromatic rings. The van der Waals surface area contributed by atoms with E-state index in [0.29, 0.717) is 5.06 Å². The lowest BCUT2D eigenvalue weighted by atomic mass is 10.2. The van der Waals surface area contributed by atoms with Crippen molar-refractivity contribution in [1.82, 2.24) is 5.06 Å². The van der Waals surface area contributed by atoms with E-state index in [9.17, 15) is 27.2 Å². The van der Waals surface area contributed by atoms with Gasteiger partial charge in [-0.2, -0.15) is 8.78 Å². The summed E-state index contributed by atoms with van der Waals surface area (Å²) in [5.41, 5.74) is -0.831. The zero-order valence-electron chi connectivity index (χ0n) is 12.0. The lowest BCUT2D eigenvalue weighted by Gasteiger charge is -2.25. The van der Waals surface area contributed by atoms with Crippen molar-refractivity contribution in [3.8, 4) is 5.75 Å². The molecule has 0 radical (unpaired) electrons. The molecule has 0 atom stereocenters. The molecule has 0 unspecified atom stereocenters. The summed E-state index contributed by atoms with van der Waals surface area (Å²) >= 11 is 0. The number of hydrogen-bond acceptors (Lipinski definition) is 4. The Labute approximate surface area is 123 Å². The van der Waals surface area contributed by atoms with Gasteiger partial charge >= 0.3 is 5.97 Å². The number of benzene rings is 1. The van der Waals surface area contributed by atoms with Crippen molar-refractivity contribution < 1.29 is 36.7 Å². The van der Waals surface area contributed by atoms with Crippen LogP contribution in [0.5, 0.6) is 5.75 Å². The van der Waals surface area contributed by atoms with Crippen LogP contribution in [0.25, 0.3) is 0 Å². The molecule has 22 heavy (non-hydrogen) atoms. The van der Waals surface area contributed by atoms with E-state index in [1.165, 1.54) is 0 Å². The normalized spacial score (nSPS) is 11.2. The summed E-state index contributed by atoms with van der Waals surface area (Å²) in [5, 5.41) is 0.522. The highest BCUT2D eigenvalue weighted by molar-refractivity contribution is 5.76. The van der Waals surface area contributed by atoms with Crippen LogP contribution in [-0.2, 0) is 14.4 Å². The molecule has 0 bridgehead atoms. The highest BCUT2D eigenvalue weighted by Crippen LogP contribution is 2.26. The lowest BCUT2D eigenvalue weighted by Crippen LogP contribution is -2.38. The van der Waals surface area contributed by atoms with E-state index >= 15 is 0 Å². The topological polar surface area (TPSA) is 55.8 Å². The van der Waals surface area contributed by atoms with Crippen molar-refractivity contribution in [3.05, 3.63) is 29.3 Å². The summed E-state index contributed by atoms with van der Waals surface area (Å²) < 4.78 is 56.8. The highest BCUT2D eigenvalue weighted by Gasteiger charge is 2.25. The van der Waals surface area contributed by atoms with Crippen molar-refractivity contribution in [1.29, 1.82) is 0 Å². The maximum atomic E-state index is 13.3. The van der Waals surface area contributed by atoms with Crippen LogP contribution in [0.2, 0.25) is 0 Å². The van der Waals surface area contributed by atoms with Gasteiger partial charge in [-0.1, -0.05) is 0 Å². The SMILES string of the molecule is CC(C)(C)ON(C=O)CC(=O)Oc1c(F)c(F)cc(F)c1F. The molecule has 1 amide bonds. The fourth-order valence-electron chi connectivity index (χ4n) is 1.36. The molecule has 0 saturated carbocycles. The van der Waals surface area contributed by atoms with Gasteiger partial charge in [0.1, 0.15) is 6.54 Å². The second-order valence-electron chi connectivity index (χ2n) is 5.16. The third-order valence-electron chi connectivity index (χ3n) is 2.08. The highest BCUT2D eigenvalue weighted by atomic mass is 19.2. The zero-order valence-corrected chi connectivity index (χ0v) is 12.0. The first-order valence-electron chi connectivity index (χ1n) is 6.00. The van der Waals surface area contributed by atoms with Crippen molar-refractivity contribution >= 4 is 12.4 Å². The summed E-state index contributed by atoms with van der Waals surface area (Å²) in [6, 6.07) is -0.0254. The molecule has 0 aliphatic carbocycles. The summed E-state index contributed by atoms with van der Waals surface area (Å²) in [5.74, 6) is -10.0. The Morgan fingerprint density at radius 1 is 1.18 bits per heavy atom. The maximum absolute atomic E-state index is 13.3. The summed E-state index contributed by atoms with van der Waals surface area (Å²) in [4.78, 5) is 27.3. The smallest absolute Gasteiger partial charge is 0.333 e. The van der Waals surface area contributed by atoms with Crippen LogP contribution >= 0.6 is 0 Å². The second-order valence-corrected chi connectivity index (χ2v) is 5.16. The van der Waals surface area contributed by atoms with Crippen molar-refractivity contribution in [2.75, 3.05) is 6.54 Å². The van der Waals surface area contributed by atoms with Crippen LogP contribution in [0.15, 0.2) is 6.07 Å². The first kappa shape index (κ1) is 17.9. The molecule has 5 nitrogen and oxygen atoms in total. The number of carbonyl (C=O) groups is 2. The Hall–Kier alpha value is -2.16. The average molecular weight is 323 g/mol. The number of carbonyl (C=O) groups excluding carboxylic acids is 2. The van der Waals surface area contributed by atoms with Gasteiger partial charge in [-0.05, 0) is 20.8 Å². The zero-order chi connectivity index (χ0) is 17.1. The Kier molecular flexibility index (Phi) is 5.48. The largest absolute Gasteiger partial charge is 0.419 e. The molecule has 0 fully saturated rings. The van der Waals surface area contributed by atoms with Crippen LogP contribution in [0.4, 0.5) is 17.6 Å². The summed E-state index contributed by atoms with van der Waals surface area (Å²) in [7, 11) is 0. The van der Waals surface area contributed by atoms with E-state index < -0.39 is 47.1 Å². The van der Waals surface area contributed by atoms with Gasteiger partial charge in [0, 0.05) is 6.07 Å². The number of nitrogens with zero attached hydrogens (tertiary/aromatic N) is 1. The minimum absolute atomic E-state index is 0.0254. The Morgan fingerprint density at radius 2 is 1.68 bits per heavy atom. The predicted octanol–water partition coefficient (Wildman–Crippen LogP) is 2.34. The molecule has 0 N–H and O–H groups in total. The van der Waals surface area contributed by atoms with Crippen molar-refractivity contribution in [2.24, 2.45) is 0 Å². The van der Waals surface area contributed by atoms with Gasteiger partial charge in [0.05, 0.1) is 5.60 Å². The quantitative estimate of drug-likeness (QED) is 0.208. The van der Waals surface area contributed by atoms with Crippen molar-refractivity contribution in [3.63, 3.8) is 0 Å². The molecule has 0 aliphatic heterocycles. The molecule has 0 saturated heterocycles. The number of esters is 1. The average Bonchev–Trinajstić information content (AvgIpc) is 2.39. The fraction of sp³-hybridized carbons (Fsp3) is 0.385. The van der Waals surface area contributed by atoms with E-state index in [4.69, 9.17) is 4.84 Å². The molecule has 9 heteroatoms. The van der Waals surface area contributed by atoms with E-state index in [2.05, 4.69) is 4.74 Å². The molecule has 0 spiro atoms. The molecule has 1 rings (SSSR count). The molecule has 122 valence electrons. The Bertz CT molecular complexity index is 560. The van der Waals surface area contributed by atoms with Gasteiger partial charge in [0.15, 0.2) is 11.6 Å². The predicted molar refractivity (Wildman–Crippen MR) is 65.5 cm³/mol. The van der Waals surface area contributed by atoms with Crippen molar-refractivity contribution in [2.45, 2.75) is 26.4 Å². The minimum Gasteiger partial charge on any atom is -0.419 e. The molecule has 0 heterocycles. The summed E-state index contributed by atoms with van der Waals surface area (Å²) in [6.07, 6.45) is 0.144. The monoisotopic (exact) mass is 323 g/mol. The standard InChI is InChI=1S/C13H13F4NO4/c1-13(2,3)22-18(6-19)5-9(20)21-12-10(16)7(14)4-8(15)11(12)17/h4,6H,5H2,1-3H3. The van der Waals surface area contributed by atoms with E-state index in [-0.39, 0.29) is 12.5 Å². The molecule has 0 aliphatic rings. The van der Waals surface area contributed by atoms with Gasteiger partial charge in [-0.25, -0.2) is 18.6 Å². The summed E-state index contributed by atoms with van der Waals surface area (Å²) in [6.45, 7) is 3.90. The van der Waals surface area contributed by atoms with Crippen LogP contribution in [0.3, 0.4) is 0 Å². The second kappa shape index (κ2) is 6.73. The van der Waals surface area contributed by atoms with E-state index in [0.717, 1.165) is 0 Å². The first-order chi connectivity index (χ1) is 10.0. The third kappa shape index (κ3) is 4.69. The van der Waals surface area contributed by atoms with Gasteiger partial charge in [-0.3, -0.25) is 9.63 Å². The Balaban J connectivity index is 2.88. The number of hydrogen-bond donors (Lipinski definition) is 0. The minimum atomic E-state index is -1.86.